The van der Waals surface area contributed by atoms with Crippen LogP contribution < -0.4 is 4.90 Å². The van der Waals surface area contributed by atoms with Gasteiger partial charge in [0, 0.05) is 13.1 Å². The maximum absolute atomic E-state index is 3.83. The molecule has 0 unspecified atom stereocenters. The van der Waals surface area contributed by atoms with E-state index in [0.717, 1.165) is 19.0 Å². The lowest BCUT2D eigenvalue weighted by Gasteiger charge is -2.24. The molecule has 0 aromatic carbocycles. The third-order valence-electron chi connectivity index (χ3n) is 1.82. The second-order valence-corrected chi connectivity index (χ2v) is 2.60. The summed E-state index contributed by atoms with van der Waals surface area (Å²) in [5.74, 6) is 0.779. The molecule has 1 aliphatic heterocycles. The molecule has 11 heavy (non-hydrogen) atoms. The lowest BCUT2D eigenvalue weighted by atomic mass is 10.1. The van der Waals surface area contributed by atoms with Crippen LogP contribution in [0.3, 0.4) is 0 Å². The topological polar surface area (TPSA) is 57.7 Å². The van der Waals surface area contributed by atoms with E-state index in [4.69, 9.17) is 0 Å². The molecule has 2 heterocycles. The van der Waals surface area contributed by atoms with Crippen molar-refractivity contribution in [3.05, 3.63) is 6.42 Å². The van der Waals surface area contributed by atoms with Gasteiger partial charge in [-0.05, 0) is 29.7 Å². The van der Waals surface area contributed by atoms with Gasteiger partial charge in [0.1, 0.15) is 0 Å². The largest absolute Gasteiger partial charge is 0.340 e. The first-order chi connectivity index (χ1) is 5.47. The first-order valence-electron chi connectivity index (χ1n) is 3.77. The van der Waals surface area contributed by atoms with Crippen molar-refractivity contribution < 1.29 is 0 Å². The van der Waals surface area contributed by atoms with Crippen LogP contribution in [0.25, 0.3) is 0 Å². The predicted molar refractivity (Wildman–Crippen MR) is 39.9 cm³/mol. The van der Waals surface area contributed by atoms with E-state index >= 15 is 0 Å². The van der Waals surface area contributed by atoms with Gasteiger partial charge in [-0.3, -0.25) is 0 Å². The standard InChI is InChI=1S/C6H10N5/c1-2-4-11(5-3-1)6-7-9-10-8-6/h2H,1,3-5H2,(H,7,8,9,10). The molecule has 0 aliphatic carbocycles. The van der Waals surface area contributed by atoms with Crippen LogP contribution >= 0.6 is 0 Å². The van der Waals surface area contributed by atoms with Gasteiger partial charge < -0.3 is 4.90 Å². The minimum atomic E-state index is 0.779. The van der Waals surface area contributed by atoms with Gasteiger partial charge in [-0.25, -0.2) is 5.10 Å². The molecule has 1 aromatic heterocycles. The number of hydrogen-bond donors (Lipinski definition) is 1. The number of rotatable bonds is 1. The Labute approximate surface area is 64.8 Å². The highest BCUT2D eigenvalue weighted by Crippen LogP contribution is 2.12. The minimum Gasteiger partial charge on any atom is -0.340 e. The average Bonchev–Trinajstić information content (AvgIpc) is 2.58. The van der Waals surface area contributed by atoms with Crippen molar-refractivity contribution in [1.29, 1.82) is 0 Å². The third kappa shape index (κ3) is 1.31. The van der Waals surface area contributed by atoms with Crippen molar-refractivity contribution in [2.75, 3.05) is 18.0 Å². The fourth-order valence-corrected chi connectivity index (χ4v) is 1.25. The predicted octanol–water partition coefficient (Wildman–Crippen LogP) is 0.00419. The molecule has 1 aromatic rings. The summed E-state index contributed by atoms with van der Waals surface area (Å²) in [5.41, 5.74) is 0. The van der Waals surface area contributed by atoms with Gasteiger partial charge in [-0.2, -0.15) is 0 Å². The van der Waals surface area contributed by atoms with Gasteiger partial charge in [0.15, 0.2) is 0 Å². The number of nitrogens with zero attached hydrogens (tertiary/aromatic N) is 4. The van der Waals surface area contributed by atoms with E-state index < -0.39 is 0 Å². The third-order valence-corrected chi connectivity index (χ3v) is 1.82. The summed E-state index contributed by atoms with van der Waals surface area (Å²) in [6.07, 6.45) is 4.64. The Morgan fingerprint density at radius 3 is 3.18 bits per heavy atom. The van der Waals surface area contributed by atoms with Gasteiger partial charge in [0.25, 0.3) is 0 Å². The van der Waals surface area contributed by atoms with E-state index in [2.05, 4.69) is 31.9 Å². The molecular weight excluding hydrogens is 142 g/mol. The molecule has 1 saturated heterocycles. The zero-order chi connectivity index (χ0) is 7.52. The molecule has 1 N–H and O–H groups in total. The first kappa shape index (κ1) is 6.57. The van der Waals surface area contributed by atoms with Crippen LogP contribution in [0, 0.1) is 6.42 Å². The first-order valence-corrected chi connectivity index (χ1v) is 3.77. The van der Waals surface area contributed by atoms with Crippen molar-refractivity contribution in [3.8, 4) is 0 Å². The molecule has 0 spiro atoms. The molecule has 1 radical (unpaired) electrons. The minimum absolute atomic E-state index is 0.779. The summed E-state index contributed by atoms with van der Waals surface area (Å²) in [6, 6.07) is 0. The maximum atomic E-state index is 3.83. The second-order valence-electron chi connectivity index (χ2n) is 2.60. The van der Waals surface area contributed by atoms with Gasteiger partial charge in [0.2, 0.25) is 5.95 Å². The maximum Gasteiger partial charge on any atom is 0.242 e. The van der Waals surface area contributed by atoms with Crippen molar-refractivity contribution in [2.45, 2.75) is 12.8 Å². The van der Waals surface area contributed by atoms with Crippen LogP contribution in [-0.4, -0.2) is 33.7 Å². The normalized spacial score (nSPS) is 18.7. The molecule has 0 bridgehead atoms. The number of aromatic nitrogens is 4. The molecule has 1 aliphatic rings. The SMILES string of the molecule is [CH]1CCCN(c2nnn[nH]2)C1. The van der Waals surface area contributed by atoms with Crippen LogP contribution in [0.5, 0.6) is 0 Å². The smallest absolute Gasteiger partial charge is 0.242 e. The monoisotopic (exact) mass is 152 g/mol. The number of aromatic amines is 1. The summed E-state index contributed by atoms with van der Waals surface area (Å²) < 4.78 is 0. The highest BCUT2D eigenvalue weighted by atomic mass is 15.5. The summed E-state index contributed by atoms with van der Waals surface area (Å²) in [4.78, 5) is 2.13. The zero-order valence-electron chi connectivity index (χ0n) is 6.19. The molecular formula is C6H10N5. The molecule has 0 amide bonds. The molecule has 5 nitrogen and oxygen atoms in total. The Morgan fingerprint density at radius 1 is 1.55 bits per heavy atom. The fourth-order valence-electron chi connectivity index (χ4n) is 1.25. The number of nitrogens with one attached hydrogen (secondary N) is 1. The van der Waals surface area contributed by atoms with Crippen LogP contribution in [0.2, 0.25) is 0 Å². The summed E-state index contributed by atoms with van der Waals surface area (Å²) in [7, 11) is 0. The van der Waals surface area contributed by atoms with E-state index in [1.807, 2.05) is 0 Å². The Balaban J connectivity index is 2.04. The summed E-state index contributed by atoms with van der Waals surface area (Å²) >= 11 is 0. The Hall–Kier alpha value is -1.13. The molecule has 2 rings (SSSR count). The van der Waals surface area contributed by atoms with Crippen molar-refractivity contribution in [2.24, 2.45) is 0 Å². The van der Waals surface area contributed by atoms with Crippen LogP contribution in [0.1, 0.15) is 12.8 Å². The van der Waals surface area contributed by atoms with Gasteiger partial charge >= 0.3 is 0 Å². The van der Waals surface area contributed by atoms with E-state index in [9.17, 15) is 0 Å². The number of tetrazole rings is 1. The Kier molecular flexibility index (Phi) is 1.71. The number of hydrogen-bond acceptors (Lipinski definition) is 4. The van der Waals surface area contributed by atoms with E-state index in [0.29, 0.717) is 0 Å². The Bertz CT molecular complexity index is 201. The lowest BCUT2D eigenvalue weighted by Crippen LogP contribution is -2.30. The van der Waals surface area contributed by atoms with E-state index in [1.165, 1.54) is 12.8 Å². The lowest BCUT2D eigenvalue weighted by molar-refractivity contribution is 0.657. The van der Waals surface area contributed by atoms with Gasteiger partial charge in [-0.15, -0.1) is 0 Å². The Morgan fingerprint density at radius 2 is 2.55 bits per heavy atom. The zero-order valence-corrected chi connectivity index (χ0v) is 6.19. The molecule has 0 saturated carbocycles. The van der Waals surface area contributed by atoms with E-state index in [-0.39, 0.29) is 0 Å². The van der Waals surface area contributed by atoms with Gasteiger partial charge in [0.05, 0.1) is 0 Å². The van der Waals surface area contributed by atoms with Crippen LogP contribution in [-0.2, 0) is 0 Å². The highest BCUT2D eigenvalue weighted by Gasteiger charge is 2.12. The van der Waals surface area contributed by atoms with Crippen LogP contribution in [0.4, 0.5) is 5.95 Å². The number of H-pyrrole nitrogens is 1. The molecule has 1 fully saturated rings. The number of piperidine rings is 1. The van der Waals surface area contributed by atoms with Crippen molar-refractivity contribution in [1.82, 2.24) is 20.6 Å². The second kappa shape index (κ2) is 2.86. The average molecular weight is 152 g/mol. The fraction of sp³-hybridized carbons (Fsp3) is 0.667. The molecule has 0 atom stereocenters. The highest BCUT2D eigenvalue weighted by molar-refractivity contribution is 5.27. The van der Waals surface area contributed by atoms with E-state index in [1.54, 1.807) is 0 Å². The van der Waals surface area contributed by atoms with Crippen molar-refractivity contribution in [3.63, 3.8) is 0 Å². The molecule has 59 valence electrons. The quantitative estimate of drug-likeness (QED) is 0.615. The number of anilines is 1. The van der Waals surface area contributed by atoms with Gasteiger partial charge in [-0.1, -0.05) is 5.10 Å². The summed E-state index contributed by atoms with van der Waals surface area (Å²) in [6.45, 7) is 2.00. The van der Waals surface area contributed by atoms with Crippen molar-refractivity contribution >= 4 is 5.95 Å². The summed E-state index contributed by atoms with van der Waals surface area (Å²) in [5, 5.41) is 13.6. The molecule has 5 heteroatoms. The van der Waals surface area contributed by atoms with Crippen LogP contribution in [0.15, 0.2) is 0 Å².